The van der Waals surface area contributed by atoms with Gasteiger partial charge in [0.25, 0.3) is 0 Å². The zero-order valence-corrected chi connectivity index (χ0v) is 9.62. The van der Waals surface area contributed by atoms with Crippen LogP contribution in [-0.2, 0) is 9.59 Å². The maximum atomic E-state index is 11.7. The van der Waals surface area contributed by atoms with Gasteiger partial charge in [-0.25, -0.2) is 0 Å². The minimum absolute atomic E-state index is 0.218. The highest BCUT2D eigenvalue weighted by Gasteiger charge is 2.31. The summed E-state index contributed by atoms with van der Waals surface area (Å²) in [6.45, 7) is 6.38. The first-order chi connectivity index (χ1) is 7.10. The molecule has 1 aliphatic heterocycles. The van der Waals surface area contributed by atoms with Gasteiger partial charge >= 0.3 is 11.8 Å². The molecule has 0 spiro atoms. The largest absolute Gasteiger partial charge is 0.333 e. The van der Waals surface area contributed by atoms with E-state index in [-0.39, 0.29) is 17.9 Å². The molecule has 0 aromatic rings. The Hall–Kier alpha value is -1.10. The highest BCUT2D eigenvalue weighted by Crippen LogP contribution is 2.05. The molecule has 1 atom stereocenters. The molecule has 1 saturated heterocycles. The minimum Gasteiger partial charge on any atom is -0.333 e. The summed E-state index contributed by atoms with van der Waals surface area (Å²) in [4.78, 5) is 26.4. The number of carbonyl (C=O) groups is 2. The second kappa shape index (κ2) is 5.11. The average molecular weight is 213 g/mol. The Morgan fingerprint density at radius 2 is 1.80 bits per heavy atom. The van der Waals surface area contributed by atoms with E-state index in [4.69, 9.17) is 0 Å². The molecular formula is C10H19N3O2. The highest BCUT2D eigenvalue weighted by molar-refractivity contribution is 6.35. The molecule has 0 bridgehead atoms. The summed E-state index contributed by atoms with van der Waals surface area (Å²) in [5.41, 5.74) is 0. The summed E-state index contributed by atoms with van der Waals surface area (Å²) < 4.78 is 0. The first-order valence-corrected chi connectivity index (χ1v) is 5.35. The van der Waals surface area contributed by atoms with Crippen molar-refractivity contribution in [2.45, 2.75) is 19.9 Å². The summed E-state index contributed by atoms with van der Waals surface area (Å²) >= 11 is 0. The van der Waals surface area contributed by atoms with Crippen molar-refractivity contribution < 1.29 is 9.59 Å². The Bertz CT molecular complexity index is 255. The van der Waals surface area contributed by atoms with E-state index in [0.29, 0.717) is 26.2 Å². The van der Waals surface area contributed by atoms with Crippen molar-refractivity contribution in [1.82, 2.24) is 15.1 Å². The van der Waals surface area contributed by atoms with Crippen LogP contribution in [0.1, 0.15) is 13.8 Å². The SMILES string of the molecule is CCN1CCN(CC(C)NC)C(=O)C1=O. The molecule has 86 valence electrons. The Morgan fingerprint density at radius 3 is 2.33 bits per heavy atom. The third-order valence-electron chi connectivity index (χ3n) is 2.77. The lowest BCUT2D eigenvalue weighted by atomic mass is 10.2. The van der Waals surface area contributed by atoms with Crippen molar-refractivity contribution in [2.75, 3.05) is 33.2 Å². The van der Waals surface area contributed by atoms with Gasteiger partial charge in [-0.1, -0.05) is 0 Å². The molecule has 2 amide bonds. The van der Waals surface area contributed by atoms with Crippen molar-refractivity contribution in [1.29, 1.82) is 0 Å². The summed E-state index contributed by atoms with van der Waals surface area (Å²) in [5.74, 6) is -0.739. The second-order valence-corrected chi connectivity index (χ2v) is 3.83. The van der Waals surface area contributed by atoms with Gasteiger partial charge in [0.05, 0.1) is 0 Å². The van der Waals surface area contributed by atoms with Crippen LogP contribution in [0, 0.1) is 0 Å². The lowest BCUT2D eigenvalue weighted by molar-refractivity contribution is -0.156. The number of nitrogens with zero attached hydrogens (tertiary/aromatic N) is 2. The molecule has 0 radical (unpaired) electrons. The number of hydrogen-bond acceptors (Lipinski definition) is 3. The Kier molecular flexibility index (Phi) is 4.08. The molecule has 0 aromatic carbocycles. The molecule has 1 N–H and O–H groups in total. The monoisotopic (exact) mass is 213 g/mol. The lowest BCUT2D eigenvalue weighted by Gasteiger charge is -2.34. The molecule has 5 heteroatoms. The number of hydrogen-bond donors (Lipinski definition) is 1. The molecule has 1 rings (SSSR count). The van der Waals surface area contributed by atoms with Crippen molar-refractivity contribution >= 4 is 11.8 Å². The Morgan fingerprint density at radius 1 is 1.27 bits per heavy atom. The van der Waals surface area contributed by atoms with Crippen LogP contribution in [0.15, 0.2) is 0 Å². The smallest absolute Gasteiger partial charge is 0.312 e. The predicted octanol–water partition coefficient (Wildman–Crippen LogP) is -0.715. The summed E-state index contributed by atoms with van der Waals surface area (Å²) in [6.07, 6.45) is 0. The van der Waals surface area contributed by atoms with Crippen molar-refractivity contribution in [3.8, 4) is 0 Å². The van der Waals surface area contributed by atoms with E-state index in [2.05, 4.69) is 5.32 Å². The normalized spacial score (nSPS) is 19.7. The van der Waals surface area contributed by atoms with Gasteiger partial charge in [0.1, 0.15) is 0 Å². The van der Waals surface area contributed by atoms with Gasteiger partial charge < -0.3 is 15.1 Å². The van der Waals surface area contributed by atoms with Crippen LogP contribution in [0.5, 0.6) is 0 Å². The fraction of sp³-hybridized carbons (Fsp3) is 0.800. The van der Waals surface area contributed by atoms with Gasteiger partial charge in [-0.2, -0.15) is 0 Å². The van der Waals surface area contributed by atoms with E-state index in [1.165, 1.54) is 0 Å². The van der Waals surface area contributed by atoms with Crippen molar-refractivity contribution in [3.05, 3.63) is 0 Å². The standard InChI is InChI=1S/C10H19N3O2/c1-4-12-5-6-13(7-8(2)11-3)10(15)9(12)14/h8,11H,4-7H2,1-3H3. The van der Waals surface area contributed by atoms with Crippen molar-refractivity contribution in [3.63, 3.8) is 0 Å². The molecule has 1 heterocycles. The number of rotatable bonds is 4. The topological polar surface area (TPSA) is 52.6 Å². The molecule has 5 nitrogen and oxygen atoms in total. The minimum atomic E-state index is -0.370. The van der Waals surface area contributed by atoms with Gasteiger partial charge in [-0.15, -0.1) is 0 Å². The van der Waals surface area contributed by atoms with Crippen LogP contribution in [-0.4, -0.2) is 60.9 Å². The highest BCUT2D eigenvalue weighted by atomic mass is 16.2. The van der Waals surface area contributed by atoms with Gasteiger partial charge in [0, 0.05) is 32.2 Å². The van der Waals surface area contributed by atoms with E-state index in [9.17, 15) is 9.59 Å². The summed E-state index contributed by atoms with van der Waals surface area (Å²) in [7, 11) is 1.85. The first-order valence-electron chi connectivity index (χ1n) is 5.35. The Labute approximate surface area is 90.4 Å². The third-order valence-corrected chi connectivity index (χ3v) is 2.77. The number of carbonyl (C=O) groups excluding carboxylic acids is 2. The molecule has 0 aromatic heterocycles. The van der Waals surface area contributed by atoms with Crippen LogP contribution < -0.4 is 5.32 Å². The number of piperazine rings is 1. The lowest BCUT2D eigenvalue weighted by Crippen LogP contribution is -2.56. The fourth-order valence-electron chi connectivity index (χ4n) is 1.61. The van der Waals surface area contributed by atoms with E-state index < -0.39 is 0 Å². The Balaban J connectivity index is 2.57. The average Bonchev–Trinajstić information content (AvgIpc) is 2.25. The van der Waals surface area contributed by atoms with Gasteiger partial charge in [-0.3, -0.25) is 9.59 Å². The summed E-state index contributed by atoms with van der Waals surface area (Å²) in [5, 5.41) is 3.05. The van der Waals surface area contributed by atoms with Gasteiger partial charge in [0.15, 0.2) is 0 Å². The second-order valence-electron chi connectivity index (χ2n) is 3.83. The van der Waals surface area contributed by atoms with Crippen LogP contribution in [0.2, 0.25) is 0 Å². The van der Waals surface area contributed by atoms with Crippen LogP contribution in [0.3, 0.4) is 0 Å². The van der Waals surface area contributed by atoms with E-state index in [1.807, 2.05) is 20.9 Å². The molecule has 1 aliphatic rings. The fourth-order valence-corrected chi connectivity index (χ4v) is 1.61. The van der Waals surface area contributed by atoms with E-state index >= 15 is 0 Å². The molecule has 1 unspecified atom stereocenters. The molecule has 15 heavy (non-hydrogen) atoms. The van der Waals surface area contributed by atoms with Crippen LogP contribution in [0.25, 0.3) is 0 Å². The first kappa shape index (κ1) is 12.0. The predicted molar refractivity (Wildman–Crippen MR) is 57.4 cm³/mol. The third kappa shape index (κ3) is 2.68. The number of amides is 2. The maximum absolute atomic E-state index is 11.7. The number of nitrogens with one attached hydrogen (secondary N) is 1. The van der Waals surface area contributed by atoms with Crippen LogP contribution in [0.4, 0.5) is 0 Å². The van der Waals surface area contributed by atoms with Crippen LogP contribution >= 0.6 is 0 Å². The summed E-state index contributed by atoms with van der Waals surface area (Å²) in [6, 6.07) is 0.218. The number of likely N-dealkylation sites (N-methyl/N-ethyl adjacent to an activating group) is 2. The molecule has 0 saturated carbocycles. The zero-order chi connectivity index (χ0) is 11.4. The quantitative estimate of drug-likeness (QED) is 0.627. The molecule has 0 aliphatic carbocycles. The van der Waals surface area contributed by atoms with E-state index in [1.54, 1.807) is 9.80 Å². The maximum Gasteiger partial charge on any atom is 0.312 e. The zero-order valence-electron chi connectivity index (χ0n) is 9.62. The molecule has 1 fully saturated rings. The van der Waals surface area contributed by atoms with Crippen molar-refractivity contribution in [2.24, 2.45) is 0 Å². The van der Waals surface area contributed by atoms with Gasteiger partial charge in [0.2, 0.25) is 0 Å². The molecular weight excluding hydrogens is 194 g/mol. The van der Waals surface area contributed by atoms with E-state index in [0.717, 1.165) is 0 Å². The van der Waals surface area contributed by atoms with Gasteiger partial charge in [-0.05, 0) is 20.9 Å².